The normalized spacial score (nSPS) is 20.4. The van der Waals surface area contributed by atoms with Gasteiger partial charge < -0.3 is 25.0 Å². The van der Waals surface area contributed by atoms with Crippen molar-refractivity contribution in [3.8, 4) is 22.9 Å². The van der Waals surface area contributed by atoms with Gasteiger partial charge in [-0.1, -0.05) is 39.0 Å². The second-order valence-corrected chi connectivity index (χ2v) is 21.1. The van der Waals surface area contributed by atoms with Crippen molar-refractivity contribution in [1.82, 2.24) is 35.8 Å². The van der Waals surface area contributed by atoms with E-state index in [9.17, 15) is 27.6 Å². The second-order valence-electron chi connectivity index (χ2n) is 16.5. The zero-order valence-electron chi connectivity index (χ0n) is 34.9. The van der Waals surface area contributed by atoms with Crippen LogP contribution < -0.4 is 35.7 Å². The molecule has 7 rings (SSSR count). The van der Waals surface area contributed by atoms with Gasteiger partial charge in [0.1, 0.15) is 45.1 Å². The minimum Gasteiger partial charge on any atom is -0.497 e. The van der Waals surface area contributed by atoms with Crippen LogP contribution in [-0.4, -0.2) is 90.3 Å². The number of benzene rings is 1. The Bertz CT molecular complexity index is 2590. The molecule has 328 valence electrons. The number of carbonyl (C=O) groups is 4. The van der Waals surface area contributed by atoms with Gasteiger partial charge in [0.25, 0.3) is 21.8 Å². The lowest BCUT2D eigenvalue weighted by Gasteiger charge is -2.35. The standard InChI is InChI=1S/C42H48N8O8S4/c1-8-24-20-42(24,39(54)48-47-37(52)33-11-9-15-59-33)46-36(51)31-18-26(21-50(31)38(53)35(41(4,5)6)49-62(55,56)34-12-10-16-60-34)58-32-19-29(30-22-61-40(45-30)43-23(2)3)44-28-17-25(57-7)13-14-27(28)32/h8-17,19,22-24,26,31,35,49H,1,18,20-21H2,2-7H3,(H,43,45)(H,46,51)(H,47,52)(H,48,54)/t24-,26-,31+,35-,42+/m1/s1. The SMILES string of the molecule is C=C[C@@H]1C[C@@]1(NC(=O)[C@@H]1C[C@@H](Oc2cc(-c3csc(NC(C)C)n3)nc3cc(OC)ccc23)CN1C(=O)[C@@H](NS(=O)(=O)c1cccs1)C(C)(C)C)C(=O)NNC(=O)c1cccs1. The minimum absolute atomic E-state index is 0.0217. The number of anilines is 1. The maximum Gasteiger partial charge on any atom is 0.279 e. The smallest absolute Gasteiger partial charge is 0.279 e. The first kappa shape index (κ1) is 44.6. The molecule has 1 aliphatic carbocycles. The number of aromatic nitrogens is 2. The number of ether oxygens (including phenoxy) is 2. The zero-order valence-corrected chi connectivity index (χ0v) is 38.1. The molecule has 5 heterocycles. The van der Waals surface area contributed by atoms with Crippen LogP contribution >= 0.6 is 34.0 Å². The number of hydrogen-bond donors (Lipinski definition) is 5. The highest BCUT2D eigenvalue weighted by molar-refractivity contribution is 7.91. The third-order valence-electron chi connectivity index (χ3n) is 10.5. The highest BCUT2D eigenvalue weighted by Gasteiger charge is 2.61. The van der Waals surface area contributed by atoms with Crippen molar-refractivity contribution in [1.29, 1.82) is 0 Å². The fraction of sp³-hybridized carbons (Fsp3) is 0.381. The molecule has 2 fully saturated rings. The fourth-order valence-electron chi connectivity index (χ4n) is 7.22. The van der Waals surface area contributed by atoms with E-state index in [0.717, 1.165) is 16.5 Å². The van der Waals surface area contributed by atoms with Crippen molar-refractivity contribution >= 4 is 83.7 Å². The molecule has 20 heteroatoms. The maximum absolute atomic E-state index is 14.9. The lowest BCUT2D eigenvalue weighted by Crippen LogP contribution is -2.60. The number of nitrogens with zero attached hydrogens (tertiary/aromatic N) is 3. The quantitative estimate of drug-likeness (QED) is 0.0647. The Morgan fingerprint density at radius 2 is 1.76 bits per heavy atom. The van der Waals surface area contributed by atoms with Gasteiger partial charge in [-0.05, 0) is 60.7 Å². The van der Waals surface area contributed by atoms with Crippen molar-refractivity contribution < 1.29 is 37.1 Å². The molecule has 5 aromatic rings. The van der Waals surface area contributed by atoms with E-state index in [2.05, 4.69) is 32.8 Å². The summed E-state index contributed by atoms with van der Waals surface area (Å²) in [4.78, 5) is 67.2. The van der Waals surface area contributed by atoms with Crippen molar-refractivity contribution in [2.75, 3.05) is 19.0 Å². The number of sulfonamides is 1. The van der Waals surface area contributed by atoms with Gasteiger partial charge in [-0.15, -0.1) is 40.6 Å². The van der Waals surface area contributed by atoms with Crippen LogP contribution in [0.1, 0.15) is 57.1 Å². The molecule has 1 saturated heterocycles. The van der Waals surface area contributed by atoms with Crippen molar-refractivity contribution in [3.63, 3.8) is 0 Å². The van der Waals surface area contributed by atoms with Gasteiger partial charge in [0.05, 0.1) is 29.7 Å². The number of thiophene rings is 2. The molecule has 62 heavy (non-hydrogen) atoms. The van der Waals surface area contributed by atoms with E-state index in [0.29, 0.717) is 38.7 Å². The molecule has 4 aromatic heterocycles. The summed E-state index contributed by atoms with van der Waals surface area (Å²) in [5, 5.41) is 12.8. The summed E-state index contributed by atoms with van der Waals surface area (Å²) in [5.74, 6) is -2.01. The Morgan fingerprint density at radius 1 is 1.00 bits per heavy atom. The first-order chi connectivity index (χ1) is 29.4. The monoisotopic (exact) mass is 920 g/mol. The number of pyridine rings is 1. The second kappa shape index (κ2) is 17.8. The largest absolute Gasteiger partial charge is 0.497 e. The molecule has 5 atom stereocenters. The van der Waals surface area contributed by atoms with Crippen molar-refractivity contribution in [3.05, 3.63) is 82.2 Å². The molecule has 0 radical (unpaired) electrons. The molecule has 1 aromatic carbocycles. The highest BCUT2D eigenvalue weighted by Crippen LogP contribution is 2.45. The molecule has 0 spiro atoms. The number of likely N-dealkylation sites (tertiary alicyclic amines) is 1. The van der Waals surface area contributed by atoms with Crippen LogP contribution in [0.15, 0.2) is 81.5 Å². The van der Waals surface area contributed by atoms with Crippen LogP contribution in [0.4, 0.5) is 5.13 Å². The van der Waals surface area contributed by atoms with Crippen LogP contribution in [0.3, 0.4) is 0 Å². The third-order valence-corrected chi connectivity index (χ3v) is 15.0. The summed E-state index contributed by atoms with van der Waals surface area (Å²) in [5.41, 5.74) is 4.10. The van der Waals surface area contributed by atoms with Crippen LogP contribution in [-0.2, 0) is 24.4 Å². The van der Waals surface area contributed by atoms with Crippen LogP contribution in [0.25, 0.3) is 22.3 Å². The lowest BCUT2D eigenvalue weighted by molar-refractivity contribution is -0.142. The molecule has 16 nitrogen and oxygen atoms in total. The van der Waals surface area contributed by atoms with Gasteiger partial charge in [-0.3, -0.25) is 30.0 Å². The number of carbonyl (C=O) groups excluding carboxylic acids is 4. The number of hydrogen-bond acceptors (Lipinski definition) is 14. The van der Waals surface area contributed by atoms with E-state index < -0.39 is 68.7 Å². The molecule has 0 unspecified atom stereocenters. The molecule has 4 amide bonds. The van der Waals surface area contributed by atoms with Crippen molar-refractivity contribution in [2.45, 2.75) is 81.4 Å². The summed E-state index contributed by atoms with van der Waals surface area (Å²) >= 11 is 3.65. The molecule has 1 aliphatic heterocycles. The molecule has 5 N–H and O–H groups in total. The van der Waals surface area contributed by atoms with Gasteiger partial charge in [0, 0.05) is 41.3 Å². The third kappa shape index (κ3) is 9.48. The van der Waals surface area contributed by atoms with E-state index in [-0.39, 0.29) is 29.6 Å². The predicted molar refractivity (Wildman–Crippen MR) is 240 cm³/mol. The molecule has 0 bridgehead atoms. The minimum atomic E-state index is -4.15. The van der Waals surface area contributed by atoms with Gasteiger partial charge in [-0.25, -0.2) is 18.4 Å². The number of rotatable bonds is 15. The topological polar surface area (TPSA) is 210 Å². The van der Waals surface area contributed by atoms with E-state index in [4.69, 9.17) is 19.4 Å². The van der Waals surface area contributed by atoms with Gasteiger partial charge in [0.2, 0.25) is 11.8 Å². The van der Waals surface area contributed by atoms with Gasteiger partial charge >= 0.3 is 0 Å². The Labute approximate surface area is 371 Å². The van der Waals surface area contributed by atoms with Gasteiger partial charge in [-0.2, -0.15) is 4.72 Å². The van der Waals surface area contributed by atoms with Crippen LogP contribution in [0.2, 0.25) is 0 Å². The summed E-state index contributed by atoms with van der Waals surface area (Å²) in [7, 11) is -2.59. The first-order valence-electron chi connectivity index (χ1n) is 19.8. The van der Waals surface area contributed by atoms with E-state index in [1.54, 1.807) is 81.1 Å². The first-order valence-corrected chi connectivity index (χ1v) is 23.9. The number of methoxy groups -OCH3 is 1. The van der Waals surface area contributed by atoms with Crippen molar-refractivity contribution in [2.24, 2.45) is 11.3 Å². The summed E-state index contributed by atoms with van der Waals surface area (Å²) in [6, 6.07) is 11.1. The van der Waals surface area contributed by atoms with E-state index in [1.807, 2.05) is 25.3 Å². The maximum atomic E-state index is 14.9. The average Bonchev–Trinajstić information content (AvgIpc) is 3.91. The fourth-order valence-corrected chi connectivity index (χ4v) is 11.1. The van der Waals surface area contributed by atoms with Crippen LogP contribution in [0.5, 0.6) is 11.5 Å². The number of nitrogens with one attached hydrogen (secondary N) is 5. The predicted octanol–water partition coefficient (Wildman–Crippen LogP) is 5.57. The number of amides is 4. The number of fused-ring (bicyclic) bond motifs is 1. The lowest BCUT2D eigenvalue weighted by atomic mass is 9.86. The number of thiazole rings is 1. The van der Waals surface area contributed by atoms with Crippen LogP contribution in [0, 0.1) is 11.3 Å². The molecular weight excluding hydrogens is 873 g/mol. The Morgan fingerprint density at radius 3 is 2.40 bits per heavy atom. The summed E-state index contributed by atoms with van der Waals surface area (Å²) in [6.07, 6.45) is 0.925. The Kier molecular flexibility index (Phi) is 12.8. The van der Waals surface area contributed by atoms with E-state index in [1.165, 1.54) is 33.6 Å². The molecule has 2 aliphatic rings. The molecule has 1 saturated carbocycles. The molecular formula is C42H48N8O8S4. The Balaban J connectivity index is 1.22. The average molecular weight is 921 g/mol. The number of hydrazine groups is 1. The highest BCUT2D eigenvalue weighted by atomic mass is 32.2. The van der Waals surface area contributed by atoms with E-state index >= 15 is 0 Å². The van der Waals surface area contributed by atoms with Gasteiger partial charge in [0.15, 0.2) is 5.13 Å². The Hall–Kier alpha value is -5.41. The zero-order chi connectivity index (χ0) is 44.6. The summed E-state index contributed by atoms with van der Waals surface area (Å²) < 4.78 is 42.1. The summed E-state index contributed by atoms with van der Waals surface area (Å²) in [6.45, 7) is 13.0.